The Bertz CT molecular complexity index is 525. The highest BCUT2D eigenvalue weighted by atomic mass is 35.5. The summed E-state index contributed by atoms with van der Waals surface area (Å²) in [5.41, 5.74) is 2.51. The van der Waals surface area contributed by atoms with Crippen molar-refractivity contribution in [2.24, 2.45) is 5.92 Å². The maximum Gasteiger partial charge on any atom is 0.0602 e. The largest absolute Gasteiger partial charge is 0.292 e. The van der Waals surface area contributed by atoms with Crippen LogP contribution in [0.2, 0.25) is 10.0 Å². The molecule has 1 saturated heterocycles. The first-order valence-electron chi connectivity index (χ1n) is 6.71. The van der Waals surface area contributed by atoms with E-state index in [0.29, 0.717) is 5.92 Å². The van der Waals surface area contributed by atoms with Gasteiger partial charge in [-0.05, 0) is 48.2 Å². The standard InChI is InChI=1S/C17H16Cl2N/c1-12-10-20(11-12)17(13-2-6-15(18)7-3-13)14-4-8-16(19)9-5-14/h2-9,12,17H,1,10-11H2. The smallest absolute Gasteiger partial charge is 0.0602 e. The van der Waals surface area contributed by atoms with Crippen LogP contribution in [-0.4, -0.2) is 18.0 Å². The monoisotopic (exact) mass is 304 g/mol. The van der Waals surface area contributed by atoms with Crippen molar-refractivity contribution >= 4 is 23.2 Å². The second-order valence-electron chi connectivity index (χ2n) is 5.33. The summed E-state index contributed by atoms with van der Waals surface area (Å²) in [7, 11) is 0. The molecule has 2 aromatic carbocycles. The van der Waals surface area contributed by atoms with Gasteiger partial charge in [0.05, 0.1) is 6.04 Å². The van der Waals surface area contributed by atoms with Crippen LogP contribution in [0, 0.1) is 12.8 Å². The second-order valence-corrected chi connectivity index (χ2v) is 6.20. The third-order valence-electron chi connectivity index (χ3n) is 3.72. The quantitative estimate of drug-likeness (QED) is 0.783. The lowest BCUT2D eigenvalue weighted by atomic mass is 9.91. The second kappa shape index (κ2) is 5.77. The van der Waals surface area contributed by atoms with Gasteiger partial charge in [-0.25, -0.2) is 0 Å². The summed E-state index contributed by atoms with van der Waals surface area (Å²) in [6.45, 7) is 6.16. The van der Waals surface area contributed by atoms with E-state index in [2.05, 4.69) is 36.1 Å². The van der Waals surface area contributed by atoms with Crippen LogP contribution in [0.1, 0.15) is 17.2 Å². The molecule has 0 unspecified atom stereocenters. The summed E-state index contributed by atoms with van der Waals surface area (Å²) in [6, 6.07) is 16.4. The zero-order valence-electron chi connectivity index (χ0n) is 11.1. The van der Waals surface area contributed by atoms with Gasteiger partial charge in [0.2, 0.25) is 0 Å². The molecule has 0 aliphatic carbocycles. The Morgan fingerprint density at radius 1 is 0.850 bits per heavy atom. The Morgan fingerprint density at radius 2 is 1.25 bits per heavy atom. The van der Waals surface area contributed by atoms with Crippen LogP contribution in [-0.2, 0) is 0 Å². The molecule has 1 fully saturated rings. The van der Waals surface area contributed by atoms with Gasteiger partial charge >= 0.3 is 0 Å². The fourth-order valence-electron chi connectivity index (χ4n) is 2.72. The number of nitrogens with zero attached hydrogens (tertiary/aromatic N) is 1. The Balaban J connectivity index is 1.95. The SMILES string of the molecule is [CH2]C1CN(C(c2ccc(Cl)cc2)c2ccc(Cl)cc2)C1. The topological polar surface area (TPSA) is 3.24 Å². The molecule has 20 heavy (non-hydrogen) atoms. The molecule has 0 bridgehead atoms. The molecule has 3 heteroatoms. The van der Waals surface area contributed by atoms with Crippen LogP contribution < -0.4 is 0 Å². The van der Waals surface area contributed by atoms with Crippen LogP contribution in [0.5, 0.6) is 0 Å². The van der Waals surface area contributed by atoms with Crippen molar-refractivity contribution in [3.63, 3.8) is 0 Å². The van der Waals surface area contributed by atoms with Gasteiger partial charge < -0.3 is 0 Å². The first-order valence-corrected chi connectivity index (χ1v) is 7.47. The molecule has 1 heterocycles. The summed E-state index contributed by atoms with van der Waals surface area (Å²) >= 11 is 12.0. The van der Waals surface area contributed by atoms with E-state index in [-0.39, 0.29) is 6.04 Å². The molecule has 0 amide bonds. The average molecular weight is 305 g/mol. The van der Waals surface area contributed by atoms with Gasteiger partial charge in [0.25, 0.3) is 0 Å². The molecular weight excluding hydrogens is 289 g/mol. The van der Waals surface area contributed by atoms with Gasteiger partial charge in [-0.1, -0.05) is 47.5 Å². The van der Waals surface area contributed by atoms with Crippen LogP contribution in [0.25, 0.3) is 0 Å². The van der Waals surface area contributed by atoms with Gasteiger partial charge in [-0.2, -0.15) is 0 Å². The number of likely N-dealkylation sites (tertiary alicyclic amines) is 1. The van der Waals surface area contributed by atoms with E-state index >= 15 is 0 Å². The number of hydrogen-bond acceptors (Lipinski definition) is 1. The molecule has 0 spiro atoms. The van der Waals surface area contributed by atoms with Crippen molar-refractivity contribution in [3.8, 4) is 0 Å². The van der Waals surface area contributed by atoms with E-state index in [1.807, 2.05) is 24.3 Å². The van der Waals surface area contributed by atoms with E-state index in [1.165, 1.54) is 11.1 Å². The zero-order chi connectivity index (χ0) is 14.1. The normalized spacial score (nSPS) is 16.4. The van der Waals surface area contributed by atoms with Gasteiger partial charge in [-0.3, -0.25) is 4.90 Å². The Hall–Kier alpha value is -1.02. The summed E-state index contributed by atoms with van der Waals surface area (Å²) in [5, 5.41) is 1.53. The van der Waals surface area contributed by atoms with E-state index < -0.39 is 0 Å². The van der Waals surface area contributed by atoms with Crippen molar-refractivity contribution in [2.75, 3.05) is 13.1 Å². The highest BCUT2D eigenvalue weighted by Crippen LogP contribution is 2.34. The minimum absolute atomic E-state index is 0.252. The van der Waals surface area contributed by atoms with Crippen LogP contribution in [0.4, 0.5) is 0 Å². The Morgan fingerprint density at radius 3 is 1.60 bits per heavy atom. The first-order chi connectivity index (χ1) is 9.63. The van der Waals surface area contributed by atoms with Gasteiger partial charge in [0.15, 0.2) is 0 Å². The predicted octanol–water partition coefficient (Wildman–Crippen LogP) is 4.85. The van der Waals surface area contributed by atoms with Crippen LogP contribution in [0.15, 0.2) is 48.5 Å². The maximum absolute atomic E-state index is 5.99. The van der Waals surface area contributed by atoms with Crippen molar-refractivity contribution in [2.45, 2.75) is 6.04 Å². The Kier molecular flexibility index (Phi) is 4.02. The fourth-order valence-corrected chi connectivity index (χ4v) is 2.98. The summed E-state index contributed by atoms with van der Waals surface area (Å²) in [5.74, 6) is 0.525. The minimum Gasteiger partial charge on any atom is -0.292 e. The summed E-state index contributed by atoms with van der Waals surface area (Å²) in [4.78, 5) is 2.43. The number of halogens is 2. The van der Waals surface area contributed by atoms with Crippen molar-refractivity contribution in [3.05, 3.63) is 76.6 Å². The highest BCUT2D eigenvalue weighted by molar-refractivity contribution is 6.30. The summed E-state index contributed by atoms with van der Waals surface area (Å²) in [6.07, 6.45) is 0. The average Bonchev–Trinajstić information content (AvgIpc) is 2.41. The zero-order valence-corrected chi connectivity index (χ0v) is 12.6. The number of benzene rings is 2. The van der Waals surface area contributed by atoms with Gasteiger partial charge in [-0.15, -0.1) is 0 Å². The number of hydrogen-bond donors (Lipinski definition) is 0. The van der Waals surface area contributed by atoms with E-state index in [1.54, 1.807) is 0 Å². The highest BCUT2D eigenvalue weighted by Gasteiger charge is 2.31. The molecule has 2 aromatic rings. The van der Waals surface area contributed by atoms with E-state index in [4.69, 9.17) is 23.2 Å². The maximum atomic E-state index is 5.99. The van der Waals surface area contributed by atoms with Gasteiger partial charge in [0, 0.05) is 23.1 Å². The predicted molar refractivity (Wildman–Crippen MR) is 85.2 cm³/mol. The molecular formula is C17H16Cl2N. The molecule has 0 atom stereocenters. The molecule has 0 N–H and O–H groups in total. The Labute approximate surface area is 130 Å². The van der Waals surface area contributed by atoms with Crippen molar-refractivity contribution < 1.29 is 0 Å². The molecule has 1 aliphatic heterocycles. The minimum atomic E-state index is 0.252. The van der Waals surface area contributed by atoms with E-state index in [0.717, 1.165) is 23.1 Å². The number of rotatable bonds is 3. The summed E-state index contributed by atoms with van der Waals surface area (Å²) < 4.78 is 0. The van der Waals surface area contributed by atoms with E-state index in [9.17, 15) is 0 Å². The van der Waals surface area contributed by atoms with Gasteiger partial charge in [0.1, 0.15) is 0 Å². The molecule has 0 saturated carbocycles. The molecule has 3 rings (SSSR count). The molecule has 0 aromatic heterocycles. The lowest BCUT2D eigenvalue weighted by molar-refractivity contribution is 0.0938. The fraction of sp³-hybridized carbons (Fsp3) is 0.235. The third-order valence-corrected chi connectivity index (χ3v) is 4.23. The van der Waals surface area contributed by atoms with Crippen LogP contribution in [0.3, 0.4) is 0 Å². The molecule has 1 radical (unpaired) electrons. The van der Waals surface area contributed by atoms with Crippen LogP contribution >= 0.6 is 23.2 Å². The lowest BCUT2D eigenvalue weighted by Gasteiger charge is -2.43. The first kappa shape index (κ1) is 13.9. The third kappa shape index (κ3) is 2.85. The van der Waals surface area contributed by atoms with Crippen molar-refractivity contribution in [1.29, 1.82) is 0 Å². The molecule has 103 valence electrons. The molecule has 1 nitrogen and oxygen atoms in total. The molecule has 1 aliphatic rings. The van der Waals surface area contributed by atoms with Crippen molar-refractivity contribution in [1.82, 2.24) is 4.90 Å². The lowest BCUT2D eigenvalue weighted by Crippen LogP contribution is -2.47.